The second-order valence-corrected chi connectivity index (χ2v) is 6.44. The Morgan fingerprint density at radius 3 is 2.95 bits per heavy atom. The average molecular weight is 295 g/mol. The van der Waals surface area contributed by atoms with Crippen molar-refractivity contribution in [2.24, 2.45) is 0 Å². The van der Waals surface area contributed by atoms with Crippen LogP contribution in [0.2, 0.25) is 0 Å². The normalized spacial score (nSPS) is 11.8. The van der Waals surface area contributed by atoms with E-state index in [2.05, 4.69) is 14.9 Å². The van der Waals surface area contributed by atoms with Crippen LogP contribution in [0.1, 0.15) is 5.69 Å². The molecule has 98 valence electrons. The lowest BCUT2D eigenvalue weighted by atomic mass is 10.2. The van der Waals surface area contributed by atoms with E-state index in [1.807, 2.05) is 6.07 Å². The van der Waals surface area contributed by atoms with Crippen molar-refractivity contribution in [2.75, 3.05) is 4.72 Å². The number of aromatic nitrogens is 2. The highest BCUT2D eigenvalue weighted by Gasteiger charge is 2.18. The Morgan fingerprint density at radius 2 is 2.16 bits per heavy atom. The topological polar surface area (TPSA) is 85.1 Å². The molecule has 2 aromatic heterocycles. The van der Waals surface area contributed by atoms with Gasteiger partial charge in [0.25, 0.3) is 0 Å². The van der Waals surface area contributed by atoms with Crippen molar-refractivity contribution in [2.45, 2.75) is 5.75 Å². The summed E-state index contributed by atoms with van der Waals surface area (Å²) in [5, 5.41) is 6.54. The van der Waals surface area contributed by atoms with Crippen molar-refractivity contribution >= 4 is 37.5 Å². The molecule has 0 spiro atoms. The van der Waals surface area contributed by atoms with E-state index >= 15 is 0 Å². The Kier molecular flexibility index (Phi) is 2.96. The first-order valence-electron chi connectivity index (χ1n) is 5.37. The SMILES string of the molecule is O=S(=O)(Cc1noc2ccccc12)Nc1nccs1. The van der Waals surface area contributed by atoms with Crippen LogP contribution in [0.4, 0.5) is 5.13 Å². The van der Waals surface area contributed by atoms with E-state index in [0.29, 0.717) is 21.8 Å². The molecule has 6 nitrogen and oxygen atoms in total. The Morgan fingerprint density at radius 1 is 1.32 bits per heavy atom. The summed E-state index contributed by atoms with van der Waals surface area (Å²) in [5.74, 6) is -0.246. The lowest BCUT2D eigenvalue weighted by Crippen LogP contribution is -2.15. The van der Waals surface area contributed by atoms with Gasteiger partial charge in [0.15, 0.2) is 10.7 Å². The summed E-state index contributed by atoms with van der Waals surface area (Å²) in [6.45, 7) is 0. The number of thiazole rings is 1. The standard InChI is InChI=1S/C11H9N3O3S2/c15-19(16,14-11-12-5-6-18-11)7-9-8-3-1-2-4-10(8)17-13-9/h1-6H,7H2,(H,12,14). The molecule has 8 heteroatoms. The molecular formula is C11H9N3O3S2. The van der Waals surface area contributed by atoms with Gasteiger partial charge in [-0.2, -0.15) is 0 Å². The maximum absolute atomic E-state index is 12.0. The van der Waals surface area contributed by atoms with Crippen molar-refractivity contribution in [3.63, 3.8) is 0 Å². The zero-order chi connectivity index (χ0) is 13.3. The Balaban J connectivity index is 1.88. The van der Waals surface area contributed by atoms with Crippen LogP contribution in [0.5, 0.6) is 0 Å². The van der Waals surface area contributed by atoms with E-state index in [9.17, 15) is 8.42 Å². The number of rotatable bonds is 4. The molecule has 0 fully saturated rings. The number of benzene rings is 1. The molecule has 0 amide bonds. The van der Waals surface area contributed by atoms with Crippen LogP contribution in [0.15, 0.2) is 40.4 Å². The van der Waals surface area contributed by atoms with Gasteiger partial charge in [-0.3, -0.25) is 4.72 Å². The number of hydrogen-bond donors (Lipinski definition) is 1. The molecule has 1 N–H and O–H groups in total. The van der Waals surface area contributed by atoms with Gasteiger partial charge in [0.2, 0.25) is 10.0 Å². The lowest BCUT2D eigenvalue weighted by Gasteiger charge is -2.02. The maximum atomic E-state index is 12.0. The molecule has 0 radical (unpaired) electrons. The highest BCUT2D eigenvalue weighted by atomic mass is 32.2. The number of anilines is 1. The largest absolute Gasteiger partial charge is 0.356 e. The minimum absolute atomic E-state index is 0.246. The molecule has 3 aromatic rings. The highest BCUT2D eigenvalue weighted by molar-refractivity contribution is 7.92. The van der Waals surface area contributed by atoms with E-state index in [-0.39, 0.29) is 5.75 Å². The summed E-state index contributed by atoms with van der Waals surface area (Å²) in [4.78, 5) is 3.88. The summed E-state index contributed by atoms with van der Waals surface area (Å²) in [6.07, 6.45) is 1.54. The Bertz CT molecular complexity index is 794. The summed E-state index contributed by atoms with van der Waals surface area (Å²) in [5.41, 5.74) is 0.960. The molecular weight excluding hydrogens is 286 g/mol. The van der Waals surface area contributed by atoms with Crippen molar-refractivity contribution < 1.29 is 12.9 Å². The Hall–Kier alpha value is -1.93. The Labute approximate surface area is 113 Å². The van der Waals surface area contributed by atoms with Crippen molar-refractivity contribution in [3.8, 4) is 0 Å². The quantitative estimate of drug-likeness (QED) is 0.797. The van der Waals surface area contributed by atoms with Crippen molar-refractivity contribution in [1.29, 1.82) is 0 Å². The van der Waals surface area contributed by atoms with Crippen LogP contribution in [0.3, 0.4) is 0 Å². The molecule has 0 unspecified atom stereocenters. The number of fused-ring (bicyclic) bond motifs is 1. The molecule has 3 rings (SSSR count). The monoisotopic (exact) mass is 295 g/mol. The first-order valence-corrected chi connectivity index (χ1v) is 7.90. The number of para-hydroxylation sites is 1. The van der Waals surface area contributed by atoms with Crippen LogP contribution in [0, 0.1) is 0 Å². The summed E-state index contributed by atoms with van der Waals surface area (Å²) in [6, 6.07) is 7.14. The number of sulfonamides is 1. The number of hydrogen-bond acceptors (Lipinski definition) is 6. The van der Waals surface area contributed by atoms with Gasteiger partial charge in [-0.15, -0.1) is 11.3 Å². The predicted molar refractivity (Wildman–Crippen MR) is 72.4 cm³/mol. The number of nitrogens with zero attached hydrogens (tertiary/aromatic N) is 2. The lowest BCUT2D eigenvalue weighted by molar-refractivity contribution is 0.448. The van der Waals surface area contributed by atoms with Gasteiger partial charge in [-0.25, -0.2) is 13.4 Å². The molecule has 0 saturated heterocycles. The van der Waals surface area contributed by atoms with Crippen LogP contribution in [-0.4, -0.2) is 18.6 Å². The zero-order valence-corrected chi connectivity index (χ0v) is 11.2. The van der Waals surface area contributed by atoms with E-state index in [1.165, 1.54) is 17.5 Å². The predicted octanol–water partition coefficient (Wildman–Crippen LogP) is 2.23. The van der Waals surface area contributed by atoms with Gasteiger partial charge >= 0.3 is 0 Å². The molecule has 0 aliphatic rings. The average Bonchev–Trinajstić information content (AvgIpc) is 2.99. The van der Waals surface area contributed by atoms with Crippen LogP contribution >= 0.6 is 11.3 Å². The van der Waals surface area contributed by atoms with Crippen molar-refractivity contribution in [1.82, 2.24) is 10.1 Å². The van der Waals surface area contributed by atoms with Crippen LogP contribution in [-0.2, 0) is 15.8 Å². The minimum Gasteiger partial charge on any atom is -0.356 e. The van der Waals surface area contributed by atoms with Gasteiger partial charge < -0.3 is 4.52 Å². The van der Waals surface area contributed by atoms with Crippen molar-refractivity contribution in [3.05, 3.63) is 41.5 Å². The van der Waals surface area contributed by atoms with Crippen LogP contribution < -0.4 is 4.72 Å². The van der Waals surface area contributed by atoms with E-state index < -0.39 is 10.0 Å². The molecule has 0 bridgehead atoms. The minimum atomic E-state index is -3.54. The number of nitrogens with one attached hydrogen (secondary N) is 1. The first kappa shape index (κ1) is 12.1. The smallest absolute Gasteiger partial charge is 0.240 e. The summed E-state index contributed by atoms with van der Waals surface area (Å²) in [7, 11) is -3.54. The van der Waals surface area contributed by atoms with Crippen LogP contribution in [0.25, 0.3) is 11.0 Å². The fraction of sp³-hybridized carbons (Fsp3) is 0.0909. The summed E-state index contributed by atoms with van der Waals surface area (Å²) >= 11 is 1.22. The highest BCUT2D eigenvalue weighted by Crippen LogP contribution is 2.21. The molecule has 0 aliphatic heterocycles. The van der Waals surface area contributed by atoms with Gasteiger partial charge in [0, 0.05) is 17.0 Å². The third-order valence-electron chi connectivity index (χ3n) is 2.45. The molecule has 2 heterocycles. The van der Waals surface area contributed by atoms with Gasteiger partial charge in [-0.1, -0.05) is 17.3 Å². The van der Waals surface area contributed by atoms with E-state index in [1.54, 1.807) is 23.6 Å². The first-order chi connectivity index (χ1) is 9.14. The molecule has 19 heavy (non-hydrogen) atoms. The van der Waals surface area contributed by atoms with Gasteiger partial charge in [-0.05, 0) is 12.1 Å². The fourth-order valence-corrected chi connectivity index (χ4v) is 3.57. The third kappa shape index (κ3) is 2.59. The molecule has 1 aromatic carbocycles. The van der Waals surface area contributed by atoms with E-state index in [4.69, 9.17) is 4.52 Å². The fourth-order valence-electron chi connectivity index (χ4n) is 1.67. The van der Waals surface area contributed by atoms with E-state index in [0.717, 1.165) is 0 Å². The second kappa shape index (κ2) is 4.63. The third-order valence-corrected chi connectivity index (χ3v) is 4.43. The maximum Gasteiger partial charge on any atom is 0.240 e. The van der Waals surface area contributed by atoms with Gasteiger partial charge in [0.1, 0.15) is 11.4 Å². The van der Waals surface area contributed by atoms with Gasteiger partial charge in [0.05, 0.1) is 0 Å². The molecule has 0 atom stereocenters. The second-order valence-electron chi connectivity index (χ2n) is 3.82. The molecule has 0 aliphatic carbocycles. The zero-order valence-electron chi connectivity index (χ0n) is 9.61. The molecule has 0 saturated carbocycles. The summed E-state index contributed by atoms with van der Waals surface area (Å²) < 4.78 is 31.4.